The van der Waals surface area contributed by atoms with Crippen LogP contribution in [0.2, 0.25) is 0 Å². The zero-order chi connectivity index (χ0) is 10.6. The third kappa shape index (κ3) is 3.47. The molecule has 14 heavy (non-hydrogen) atoms. The van der Waals surface area contributed by atoms with E-state index in [9.17, 15) is 0 Å². The highest BCUT2D eigenvalue weighted by Crippen LogP contribution is 2.11. The van der Waals surface area contributed by atoms with Gasteiger partial charge in [-0.25, -0.2) is 0 Å². The Labute approximate surface area is 84.3 Å². The first-order chi connectivity index (χ1) is 6.53. The minimum atomic E-state index is -0.0882. The zero-order valence-corrected chi connectivity index (χ0v) is 9.00. The number of nitrogens with one attached hydrogen (secondary N) is 1. The normalized spacial score (nSPS) is 12.0. The van der Waals surface area contributed by atoms with Gasteiger partial charge in [-0.3, -0.25) is 0 Å². The van der Waals surface area contributed by atoms with Crippen LogP contribution in [0.5, 0.6) is 0 Å². The monoisotopic (exact) mass is 198 g/mol. The lowest BCUT2D eigenvalue weighted by molar-refractivity contribution is 0.155. The van der Waals surface area contributed by atoms with Crippen LogP contribution in [0.4, 0.5) is 0 Å². The second-order valence-electron chi connectivity index (χ2n) is 4.36. The standard InChI is InChI=1S/C10H18N2O2/c1-8-4-9(14-12-8)5-11-6-10(2,3)7-13/h4,11,13H,5-7H2,1-3H3. The highest BCUT2D eigenvalue weighted by Gasteiger charge is 2.15. The molecule has 0 aliphatic carbocycles. The Hall–Kier alpha value is -0.870. The van der Waals surface area contributed by atoms with Crippen molar-refractivity contribution in [3.8, 4) is 0 Å². The second kappa shape index (κ2) is 4.57. The van der Waals surface area contributed by atoms with Gasteiger partial charge in [0.25, 0.3) is 0 Å². The quantitative estimate of drug-likeness (QED) is 0.743. The van der Waals surface area contributed by atoms with Crippen LogP contribution >= 0.6 is 0 Å². The number of hydrogen-bond acceptors (Lipinski definition) is 4. The molecule has 0 aliphatic heterocycles. The van der Waals surface area contributed by atoms with Gasteiger partial charge in [0, 0.05) is 24.6 Å². The topological polar surface area (TPSA) is 58.3 Å². The molecule has 0 amide bonds. The Bertz CT molecular complexity index is 281. The summed E-state index contributed by atoms with van der Waals surface area (Å²) in [6.45, 7) is 7.49. The van der Waals surface area contributed by atoms with Crippen molar-refractivity contribution < 1.29 is 9.63 Å². The van der Waals surface area contributed by atoms with Crippen LogP contribution < -0.4 is 5.32 Å². The molecule has 1 aromatic rings. The molecule has 0 atom stereocenters. The van der Waals surface area contributed by atoms with E-state index in [0.29, 0.717) is 6.54 Å². The molecule has 0 saturated carbocycles. The Morgan fingerprint density at radius 3 is 2.79 bits per heavy atom. The summed E-state index contributed by atoms with van der Waals surface area (Å²) in [6.07, 6.45) is 0. The van der Waals surface area contributed by atoms with E-state index in [2.05, 4.69) is 10.5 Å². The molecule has 1 heterocycles. The Kier molecular flexibility index (Phi) is 3.66. The molecule has 2 N–H and O–H groups in total. The maximum Gasteiger partial charge on any atom is 0.150 e. The van der Waals surface area contributed by atoms with Crippen molar-refractivity contribution in [2.45, 2.75) is 27.3 Å². The summed E-state index contributed by atoms with van der Waals surface area (Å²) in [5.74, 6) is 0.830. The molecule has 0 unspecified atom stereocenters. The van der Waals surface area contributed by atoms with Crippen LogP contribution in [-0.4, -0.2) is 23.4 Å². The predicted molar refractivity (Wildman–Crippen MR) is 53.8 cm³/mol. The first-order valence-corrected chi connectivity index (χ1v) is 4.77. The lowest BCUT2D eigenvalue weighted by atomic mass is 9.95. The van der Waals surface area contributed by atoms with Crippen molar-refractivity contribution in [3.05, 3.63) is 17.5 Å². The molecule has 0 fully saturated rings. The summed E-state index contributed by atoms with van der Waals surface area (Å²) in [6, 6.07) is 1.90. The van der Waals surface area contributed by atoms with Gasteiger partial charge in [0.1, 0.15) is 0 Å². The van der Waals surface area contributed by atoms with E-state index >= 15 is 0 Å². The average molecular weight is 198 g/mol. The van der Waals surface area contributed by atoms with Crippen LogP contribution in [0.15, 0.2) is 10.6 Å². The molecule has 1 rings (SSSR count). The van der Waals surface area contributed by atoms with Gasteiger partial charge in [0.05, 0.1) is 12.2 Å². The highest BCUT2D eigenvalue weighted by molar-refractivity contribution is 5.02. The smallest absolute Gasteiger partial charge is 0.150 e. The molecule has 80 valence electrons. The van der Waals surface area contributed by atoms with Crippen LogP contribution in [0.3, 0.4) is 0 Å². The Morgan fingerprint density at radius 2 is 2.29 bits per heavy atom. The zero-order valence-electron chi connectivity index (χ0n) is 9.00. The van der Waals surface area contributed by atoms with Gasteiger partial charge in [-0.1, -0.05) is 19.0 Å². The van der Waals surface area contributed by atoms with Gasteiger partial charge in [0.15, 0.2) is 5.76 Å². The van der Waals surface area contributed by atoms with E-state index in [1.54, 1.807) is 0 Å². The SMILES string of the molecule is Cc1cc(CNCC(C)(C)CO)on1. The number of rotatable bonds is 5. The highest BCUT2D eigenvalue weighted by atomic mass is 16.5. The van der Waals surface area contributed by atoms with Crippen LogP contribution in [0.25, 0.3) is 0 Å². The van der Waals surface area contributed by atoms with Crippen molar-refractivity contribution in [2.75, 3.05) is 13.2 Å². The van der Waals surface area contributed by atoms with Gasteiger partial charge in [0.2, 0.25) is 0 Å². The lowest BCUT2D eigenvalue weighted by Gasteiger charge is -2.21. The third-order valence-electron chi connectivity index (χ3n) is 2.01. The molecular formula is C10H18N2O2. The van der Waals surface area contributed by atoms with Crippen molar-refractivity contribution in [1.82, 2.24) is 10.5 Å². The summed E-state index contributed by atoms with van der Waals surface area (Å²) >= 11 is 0. The fourth-order valence-corrected chi connectivity index (χ4v) is 1.08. The molecular weight excluding hydrogens is 180 g/mol. The van der Waals surface area contributed by atoms with Crippen LogP contribution in [0.1, 0.15) is 25.3 Å². The summed E-state index contributed by atoms with van der Waals surface area (Å²) < 4.78 is 5.04. The molecule has 1 aromatic heterocycles. The molecule has 4 heteroatoms. The van der Waals surface area contributed by atoms with E-state index in [1.165, 1.54) is 0 Å². The first kappa shape index (κ1) is 11.2. The number of aliphatic hydroxyl groups excluding tert-OH is 1. The van der Waals surface area contributed by atoms with E-state index in [-0.39, 0.29) is 12.0 Å². The second-order valence-corrected chi connectivity index (χ2v) is 4.36. The molecule has 0 radical (unpaired) electrons. The van der Waals surface area contributed by atoms with E-state index in [4.69, 9.17) is 9.63 Å². The fourth-order valence-electron chi connectivity index (χ4n) is 1.08. The summed E-state index contributed by atoms with van der Waals surface area (Å²) in [7, 11) is 0. The number of aromatic nitrogens is 1. The summed E-state index contributed by atoms with van der Waals surface area (Å²) in [5, 5.41) is 16.0. The van der Waals surface area contributed by atoms with E-state index < -0.39 is 0 Å². The van der Waals surface area contributed by atoms with Gasteiger partial charge >= 0.3 is 0 Å². The van der Waals surface area contributed by atoms with Crippen molar-refractivity contribution in [3.63, 3.8) is 0 Å². The van der Waals surface area contributed by atoms with E-state index in [1.807, 2.05) is 26.8 Å². The fraction of sp³-hybridized carbons (Fsp3) is 0.700. The van der Waals surface area contributed by atoms with Crippen molar-refractivity contribution >= 4 is 0 Å². The molecule has 0 aliphatic rings. The maximum atomic E-state index is 9.02. The minimum Gasteiger partial charge on any atom is -0.396 e. The van der Waals surface area contributed by atoms with Crippen LogP contribution in [-0.2, 0) is 6.54 Å². The van der Waals surface area contributed by atoms with Crippen LogP contribution in [0, 0.1) is 12.3 Å². The largest absolute Gasteiger partial charge is 0.396 e. The van der Waals surface area contributed by atoms with Gasteiger partial charge < -0.3 is 14.9 Å². The van der Waals surface area contributed by atoms with E-state index in [0.717, 1.165) is 18.0 Å². The van der Waals surface area contributed by atoms with Crippen molar-refractivity contribution in [2.24, 2.45) is 5.41 Å². The number of nitrogens with zero attached hydrogens (tertiary/aromatic N) is 1. The van der Waals surface area contributed by atoms with Crippen molar-refractivity contribution in [1.29, 1.82) is 0 Å². The molecule has 0 spiro atoms. The minimum absolute atomic E-state index is 0.0882. The predicted octanol–water partition coefficient (Wildman–Crippen LogP) is 1.09. The molecule has 4 nitrogen and oxygen atoms in total. The lowest BCUT2D eigenvalue weighted by Crippen LogP contribution is -2.31. The first-order valence-electron chi connectivity index (χ1n) is 4.77. The maximum absolute atomic E-state index is 9.02. The Morgan fingerprint density at radius 1 is 1.57 bits per heavy atom. The van der Waals surface area contributed by atoms with Gasteiger partial charge in [-0.15, -0.1) is 0 Å². The van der Waals surface area contributed by atoms with Gasteiger partial charge in [-0.05, 0) is 6.92 Å². The summed E-state index contributed by atoms with van der Waals surface area (Å²) in [5.41, 5.74) is 0.804. The number of hydrogen-bond donors (Lipinski definition) is 2. The average Bonchev–Trinajstić information content (AvgIpc) is 2.51. The molecule has 0 bridgehead atoms. The summed E-state index contributed by atoms with van der Waals surface area (Å²) in [4.78, 5) is 0. The number of aliphatic hydroxyl groups is 1. The number of aryl methyl sites for hydroxylation is 1. The Balaban J connectivity index is 2.28. The van der Waals surface area contributed by atoms with Gasteiger partial charge in [-0.2, -0.15) is 0 Å². The molecule has 0 saturated heterocycles. The third-order valence-corrected chi connectivity index (χ3v) is 2.01. The molecule has 0 aromatic carbocycles.